The van der Waals surface area contributed by atoms with Crippen LogP contribution in [0.2, 0.25) is 0 Å². The zero-order valence-corrected chi connectivity index (χ0v) is 14.1. The van der Waals surface area contributed by atoms with Gasteiger partial charge < -0.3 is 5.11 Å². The lowest BCUT2D eigenvalue weighted by Gasteiger charge is -2.39. The first kappa shape index (κ1) is 26.3. The van der Waals surface area contributed by atoms with Gasteiger partial charge in [-0.15, -0.1) is 0 Å². The van der Waals surface area contributed by atoms with Gasteiger partial charge in [-0.25, -0.2) is 22.0 Å². The van der Waals surface area contributed by atoms with Gasteiger partial charge >= 0.3 is 18.5 Å². The molecule has 0 radical (unpaired) electrons. The summed E-state index contributed by atoms with van der Waals surface area (Å²) in [7, 11) is 0. The monoisotopic (exact) mass is 480 g/mol. The Bertz CT molecular complexity index is 846. The van der Waals surface area contributed by atoms with Gasteiger partial charge in [-0.2, -0.15) is 39.5 Å². The van der Waals surface area contributed by atoms with Gasteiger partial charge in [0.15, 0.2) is 23.3 Å². The molecule has 0 atom stereocenters. The molecule has 2 rings (SSSR count). The highest BCUT2D eigenvalue weighted by atomic mass is 19.4. The molecule has 0 saturated carbocycles. The van der Waals surface area contributed by atoms with E-state index in [4.69, 9.17) is 5.11 Å². The molecule has 0 aliphatic carbocycles. The molecule has 0 aliphatic rings. The molecule has 1 nitrogen and oxygen atoms in total. The van der Waals surface area contributed by atoms with Crippen molar-refractivity contribution in [1.82, 2.24) is 0 Å². The van der Waals surface area contributed by atoms with E-state index in [0.29, 0.717) is 5.75 Å². The van der Waals surface area contributed by atoms with Crippen molar-refractivity contribution in [3.8, 4) is 5.75 Å². The zero-order chi connectivity index (χ0) is 24.6. The van der Waals surface area contributed by atoms with Gasteiger partial charge in [0, 0.05) is 0 Å². The molecule has 2 aromatic rings. The molecule has 174 valence electrons. The Morgan fingerprint density at radius 1 is 0.484 bits per heavy atom. The summed E-state index contributed by atoms with van der Waals surface area (Å²) in [6.07, 6.45) is -22.6. The van der Waals surface area contributed by atoms with E-state index >= 15 is 0 Å². The summed E-state index contributed by atoms with van der Waals surface area (Å²) in [5.74, 6) is -17.5. The molecule has 31 heavy (non-hydrogen) atoms. The van der Waals surface area contributed by atoms with Crippen LogP contribution >= 0.6 is 0 Å². The summed E-state index contributed by atoms with van der Waals surface area (Å²) in [6.45, 7) is 0. The molecule has 0 spiro atoms. The Balaban J connectivity index is 0.000000577. The predicted molar refractivity (Wildman–Crippen MR) is 74.2 cm³/mol. The van der Waals surface area contributed by atoms with Crippen molar-refractivity contribution in [3.63, 3.8) is 0 Å². The maximum atomic E-state index is 13.3. The largest absolute Gasteiger partial charge is 0.508 e. The summed E-state index contributed by atoms with van der Waals surface area (Å²) in [5.41, 5.74) is -11.4. The first-order valence-corrected chi connectivity index (χ1v) is 7.28. The van der Waals surface area contributed by atoms with Crippen LogP contribution in [0.1, 0.15) is 5.56 Å². The Morgan fingerprint density at radius 2 is 0.774 bits per heavy atom. The maximum absolute atomic E-state index is 13.3. The Morgan fingerprint density at radius 3 is 1.00 bits per heavy atom. The van der Waals surface area contributed by atoms with Crippen LogP contribution in [0.5, 0.6) is 5.75 Å². The summed E-state index contributed by atoms with van der Waals surface area (Å²) >= 11 is 0. The lowest BCUT2D eigenvalue weighted by Crippen LogP contribution is -2.64. The fraction of sp³-hybridized carbons (Fsp3) is 0.250. The minimum absolute atomic E-state index is 0.322. The van der Waals surface area contributed by atoms with Crippen LogP contribution in [0.25, 0.3) is 0 Å². The van der Waals surface area contributed by atoms with Crippen LogP contribution < -0.4 is 0 Å². The highest BCUT2D eigenvalue weighted by Crippen LogP contribution is 2.61. The minimum Gasteiger partial charge on any atom is -0.508 e. The predicted octanol–water partition coefficient (Wildman–Crippen LogP) is 6.70. The van der Waals surface area contributed by atoms with Crippen molar-refractivity contribution in [1.29, 1.82) is 0 Å². The van der Waals surface area contributed by atoms with E-state index in [2.05, 4.69) is 0 Å². The van der Waals surface area contributed by atoms with Crippen LogP contribution in [0.3, 0.4) is 0 Å². The molecule has 2 aromatic carbocycles. The molecular formula is C16H6F14O. The third-order valence-corrected chi connectivity index (χ3v) is 3.62. The summed E-state index contributed by atoms with van der Waals surface area (Å²) < 4.78 is 179. The smallest absolute Gasteiger partial charge is 0.416 e. The summed E-state index contributed by atoms with van der Waals surface area (Å²) in [4.78, 5) is 0. The number of aromatic hydroxyl groups is 1. The summed E-state index contributed by atoms with van der Waals surface area (Å²) in [5, 5.41) is 8.63. The minimum atomic E-state index is -7.54. The van der Waals surface area contributed by atoms with Crippen LogP contribution in [-0.4, -0.2) is 23.6 Å². The van der Waals surface area contributed by atoms with Gasteiger partial charge in [0.05, 0.1) is 5.56 Å². The third-order valence-electron chi connectivity index (χ3n) is 3.62. The second-order valence-electron chi connectivity index (χ2n) is 5.52. The molecule has 0 bridgehead atoms. The number of halogens is 14. The van der Waals surface area contributed by atoms with Gasteiger partial charge in [0.25, 0.3) is 5.41 Å². The lowest BCUT2D eigenvalue weighted by molar-refractivity contribution is -0.388. The average Bonchev–Trinajstić information content (AvgIpc) is 2.59. The Hall–Kier alpha value is -2.74. The van der Waals surface area contributed by atoms with Crippen molar-refractivity contribution in [2.45, 2.75) is 23.9 Å². The lowest BCUT2D eigenvalue weighted by atomic mass is 9.77. The van der Waals surface area contributed by atoms with Crippen molar-refractivity contribution >= 4 is 0 Å². The number of benzene rings is 2. The van der Waals surface area contributed by atoms with E-state index in [-0.39, 0.29) is 0 Å². The van der Waals surface area contributed by atoms with E-state index < -0.39 is 58.6 Å². The van der Waals surface area contributed by atoms with E-state index in [1.54, 1.807) is 24.3 Å². The van der Waals surface area contributed by atoms with Crippen LogP contribution in [0.4, 0.5) is 61.5 Å². The number of phenolic OH excluding ortho intramolecular Hbond substituents is 1. The third kappa shape index (κ3) is 4.49. The highest BCUT2D eigenvalue weighted by Gasteiger charge is 2.86. The number of phenols is 1. The van der Waals surface area contributed by atoms with E-state index in [9.17, 15) is 61.5 Å². The number of rotatable bonds is 1. The molecule has 0 fully saturated rings. The Labute approximate surface area is 162 Å². The molecule has 0 aromatic heterocycles. The van der Waals surface area contributed by atoms with E-state index in [1.165, 1.54) is 0 Å². The van der Waals surface area contributed by atoms with Gasteiger partial charge in [-0.3, -0.25) is 0 Å². The fourth-order valence-corrected chi connectivity index (χ4v) is 2.27. The maximum Gasteiger partial charge on any atom is 0.416 e. The first-order valence-electron chi connectivity index (χ1n) is 7.28. The molecule has 0 saturated heterocycles. The quantitative estimate of drug-likeness (QED) is 0.274. The van der Waals surface area contributed by atoms with Crippen molar-refractivity contribution in [3.05, 3.63) is 65.0 Å². The summed E-state index contributed by atoms with van der Waals surface area (Å²) in [6, 6.07) is 8.71. The van der Waals surface area contributed by atoms with Gasteiger partial charge in [0.1, 0.15) is 5.75 Å². The molecule has 15 heteroatoms. The van der Waals surface area contributed by atoms with E-state index in [0.717, 1.165) is 0 Å². The second kappa shape index (κ2) is 8.42. The molecule has 0 heterocycles. The standard InChI is InChI=1S/C10F14.C6H6O/c11-2-1(3(12)5(14)6(15)4(2)13)7(8(16,17)18,9(19,20)21)10(22,23)24;7-6-4-2-1-3-5-6/h;1-5,7H. The molecule has 0 unspecified atom stereocenters. The topological polar surface area (TPSA) is 20.2 Å². The molecule has 1 N–H and O–H groups in total. The zero-order valence-electron chi connectivity index (χ0n) is 14.1. The fourth-order valence-electron chi connectivity index (χ4n) is 2.27. The van der Waals surface area contributed by atoms with Crippen LogP contribution in [0, 0.1) is 29.1 Å². The van der Waals surface area contributed by atoms with E-state index in [1.807, 2.05) is 6.07 Å². The second-order valence-corrected chi connectivity index (χ2v) is 5.52. The first-order chi connectivity index (χ1) is 13.8. The number of hydrogen-bond acceptors (Lipinski definition) is 1. The van der Waals surface area contributed by atoms with Gasteiger partial charge in [-0.1, -0.05) is 18.2 Å². The van der Waals surface area contributed by atoms with Crippen molar-refractivity contribution < 1.29 is 66.6 Å². The highest BCUT2D eigenvalue weighted by molar-refractivity contribution is 5.37. The van der Waals surface area contributed by atoms with Crippen LogP contribution in [0.15, 0.2) is 30.3 Å². The SMILES string of the molecule is Fc1c(F)c(F)c(C(C(F)(F)F)(C(F)(F)F)C(F)(F)F)c(F)c1F.Oc1ccccc1. The normalized spacial score (nSPS) is 13.0. The van der Waals surface area contributed by atoms with Gasteiger partial charge in [-0.05, 0) is 12.1 Å². The molecule has 0 amide bonds. The van der Waals surface area contributed by atoms with Crippen molar-refractivity contribution in [2.75, 3.05) is 0 Å². The Kier molecular flexibility index (Phi) is 7.14. The number of hydrogen-bond donors (Lipinski definition) is 1. The molecule has 0 aliphatic heterocycles. The molecular weight excluding hydrogens is 474 g/mol. The average molecular weight is 480 g/mol. The van der Waals surface area contributed by atoms with Crippen molar-refractivity contribution in [2.24, 2.45) is 0 Å². The van der Waals surface area contributed by atoms with Gasteiger partial charge in [0.2, 0.25) is 5.82 Å². The number of para-hydroxylation sites is 1. The number of alkyl halides is 9. The van der Waals surface area contributed by atoms with Crippen LogP contribution in [-0.2, 0) is 5.41 Å².